The van der Waals surface area contributed by atoms with Crippen molar-refractivity contribution in [3.8, 4) is 5.69 Å². The van der Waals surface area contributed by atoms with Crippen LogP contribution < -0.4 is 0 Å². The Morgan fingerprint density at radius 3 is 2.09 bits per heavy atom. The highest BCUT2D eigenvalue weighted by atomic mass is 16.6. The van der Waals surface area contributed by atoms with Crippen molar-refractivity contribution in [2.45, 2.75) is 65.7 Å². The molecule has 0 atom stereocenters. The van der Waals surface area contributed by atoms with Crippen LogP contribution in [0.25, 0.3) is 16.7 Å². The molecular formula is C29H34N4O2. The monoisotopic (exact) mass is 470 g/mol. The van der Waals surface area contributed by atoms with E-state index in [1.807, 2.05) is 6.07 Å². The molecule has 4 rings (SSSR count). The molecule has 1 aromatic heterocycles. The molecule has 1 heterocycles. The van der Waals surface area contributed by atoms with E-state index in [2.05, 4.69) is 90.9 Å². The summed E-state index contributed by atoms with van der Waals surface area (Å²) in [5.41, 5.74) is 5.31. The lowest BCUT2D eigenvalue weighted by Gasteiger charge is -2.34. The molecule has 0 bridgehead atoms. The fourth-order valence-corrected chi connectivity index (χ4v) is 5.21. The lowest BCUT2D eigenvalue weighted by Crippen LogP contribution is -2.27. The Labute approximate surface area is 207 Å². The predicted octanol–water partition coefficient (Wildman–Crippen LogP) is 7.37. The van der Waals surface area contributed by atoms with Crippen molar-refractivity contribution < 1.29 is 4.92 Å². The molecular weight excluding hydrogens is 436 g/mol. The number of nitrogens with zero attached hydrogens (tertiary/aromatic N) is 4. The molecule has 4 aromatic rings. The number of fused-ring (bicyclic) bond motifs is 1. The minimum atomic E-state index is -0.405. The minimum absolute atomic E-state index is 0.00875. The maximum atomic E-state index is 11.3. The van der Waals surface area contributed by atoms with Gasteiger partial charge in [0.2, 0.25) is 0 Å². The third-order valence-corrected chi connectivity index (χ3v) is 6.71. The number of nitro benzene ring substituents is 1. The van der Waals surface area contributed by atoms with Gasteiger partial charge in [0.1, 0.15) is 11.0 Å². The van der Waals surface area contributed by atoms with E-state index in [-0.39, 0.29) is 21.9 Å². The van der Waals surface area contributed by atoms with Crippen LogP contribution in [0.2, 0.25) is 0 Å². The van der Waals surface area contributed by atoms with Crippen molar-refractivity contribution >= 4 is 16.7 Å². The molecule has 6 nitrogen and oxygen atoms in total. The van der Waals surface area contributed by atoms with Crippen LogP contribution in [0, 0.1) is 15.5 Å². The summed E-state index contributed by atoms with van der Waals surface area (Å²) >= 11 is 0. The lowest BCUT2D eigenvalue weighted by molar-refractivity contribution is -0.384. The molecule has 182 valence electrons. The molecule has 0 aliphatic rings. The summed E-state index contributed by atoms with van der Waals surface area (Å²) < 4.78 is 0. The predicted molar refractivity (Wildman–Crippen MR) is 141 cm³/mol. The Hall–Kier alpha value is -3.54. The molecule has 0 amide bonds. The van der Waals surface area contributed by atoms with Gasteiger partial charge in [-0.15, -0.1) is 10.2 Å². The minimum Gasteiger partial charge on any atom is -0.258 e. The van der Waals surface area contributed by atoms with Gasteiger partial charge in [0, 0.05) is 17.5 Å². The average molecular weight is 471 g/mol. The van der Waals surface area contributed by atoms with Gasteiger partial charge in [0.05, 0.1) is 10.6 Å². The highest BCUT2D eigenvalue weighted by Crippen LogP contribution is 2.40. The average Bonchev–Trinajstić information content (AvgIpc) is 3.21. The van der Waals surface area contributed by atoms with Gasteiger partial charge >= 0.3 is 0 Å². The van der Waals surface area contributed by atoms with Gasteiger partial charge in [0.25, 0.3) is 5.69 Å². The molecule has 0 N–H and O–H groups in total. The Bertz CT molecular complexity index is 1380. The molecule has 0 aliphatic carbocycles. The molecule has 0 saturated heterocycles. The maximum absolute atomic E-state index is 11.3. The van der Waals surface area contributed by atoms with Crippen molar-refractivity contribution in [1.29, 1.82) is 0 Å². The van der Waals surface area contributed by atoms with Crippen LogP contribution in [0.5, 0.6) is 0 Å². The SMILES string of the molecule is CC(C)(C)CC(C)(C)c1ccc(C(C)(C)c2ccccc2)c(-n2nc3ccc([N+](=O)[O-])cc3n2)c1. The van der Waals surface area contributed by atoms with Crippen molar-refractivity contribution in [3.63, 3.8) is 0 Å². The first-order valence-corrected chi connectivity index (χ1v) is 12.0. The first kappa shape index (κ1) is 24.6. The summed E-state index contributed by atoms with van der Waals surface area (Å²) in [7, 11) is 0. The van der Waals surface area contributed by atoms with E-state index in [9.17, 15) is 10.1 Å². The molecule has 0 unspecified atom stereocenters. The Morgan fingerprint density at radius 1 is 0.800 bits per heavy atom. The number of aromatic nitrogens is 3. The fourth-order valence-electron chi connectivity index (χ4n) is 5.21. The zero-order valence-corrected chi connectivity index (χ0v) is 21.7. The smallest absolute Gasteiger partial charge is 0.258 e. The number of benzene rings is 3. The largest absolute Gasteiger partial charge is 0.271 e. The Kier molecular flexibility index (Phi) is 6.04. The van der Waals surface area contributed by atoms with Gasteiger partial charge in [0.15, 0.2) is 0 Å². The molecule has 0 fully saturated rings. The van der Waals surface area contributed by atoms with Gasteiger partial charge in [-0.05, 0) is 46.1 Å². The zero-order chi connectivity index (χ0) is 25.6. The summed E-state index contributed by atoms with van der Waals surface area (Å²) in [4.78, 5) is 12.5. The first-order chi connectivity index (χ1) is 16.3. The van der Waals surface area contributed by atoms with E-state index < -0.39 is 4.92 Å². The summed E-state index contributed by atoms with van der Waals surface area (Å²) in [6, 6.07) is 21.6. The second-order valence-electron chi connectivity index (χ2n) is 11.8. The highest BCUT2D eigenvalue weighted by molar-refractivity contribution is 5.77. The van der Waals surface area contributed by atoms with Crippen LogP contribution in [0.15, 0.2) is 66.7 Å². The van der Waals surface area contributed by atoms with Crippen molar-refractivity contribution in [3.05, 3.63) is 93.5 Å². The van der Waals surface area contributed by atoms with E-state index in [1.54, 1.807) is 10.9 Å². The molecule has 0 radical (unpaired) electrons. The van der Waals surface area contributed by atoms with Gasteiger partial charge in [-0.3, -0.25) is 10.1 Å². The van der Waals surface area contributed by atoms with Gasteiger partial charge in [-0.2, -0.15) is 4.80 Å². The van der Waals surface area contributed by atoms with E-state index in [0.717, 1.165) is 17.7 Å². The summed E-state index contributed by atoms with van der Waals surface area (Å²) in [6.45, 7) is 15.7. The van der Waals surface area contributed by atoms with Crippen LogP contribution >= 0.6 is 0 Å². The summed E-state index contributed by atoms with van der Waals surface area (Å²) in [5.74, 6) is 0. The number of nitro groups is 1. The fraction of sp³-hybridized carbons (Fsp3) is 0.379. The second-order valence-corrected chi connectivity index (χ2v) is 11.8. The lowest BCUT2D eigenvalue weighted by atomic mass is 9.71. The quantitative estimate of drug-likeness (QED) is 0.218. The van der Waals surface area contributed by atoms with Crippen LogP contribution in [0.1, 0.15) is 71.6 Å². The van der Waals surface area contributed by atoms with Gasteiger partial charge in [-0.25, -0.2) is 0 Å². The topological polar surface area (TPSA) is 73.8 Å². The van der Waals surface area contributed by atoms with Gasteiger partial charge in [-0.1, -0.05) is 90.9 Å². The number of rotatable bonds is 6. The molecule has 0 aliphatic heterocycles. The van der Waals surface area contributed by atoms with Crippen LogP contribution in [0.4, 0.5) is 5.69 Å². The first-order valence-electron chi connectivity index (χ1n) is 12.0. The summed E-state index contributed by atoms with van der Waals surface area (Å²) in [6.07, 6.45) is 1.02. The van der Waals surface area contributed by atoms with E-state index >= 15 is 0 Å². The standard InChI is InChI=1S/C29H34N4O2/c1-27(2,3)19-28(4,5)21-13-15-23(29(6,7)20-11-9-8-10-12-20)26(17-21)32-30-24-16-14-22(33(34)35)18-25(24)31-32/h8-18H,19H2,1-7H3. The number of hydrogen-bond acceptors (Lipinski definition) is 4. The van der Waals surface area contributed by atoms with Crippen LogP contribution in [-0.2, 0) is 10.8 Å². The van der Waals surface area contributed by atoms with Crippen LogP contribution in [0.3, 0.4) is 0 Å². The molecule has 35 heavy (non-hydrogen) atoms. The Balaban J connectivity index is 1.93. The van der Waals surface area contributed by atoms with Gasteiger partial charge < -0.3 is 0 Å². The van der Waals surface area contributed by atoms with Crippen molar-refractivity contribution in [1.82, 2.24) is 15.0 Å². The third kappa shape index (κ3) is 4.97. The van der Waals surface area contributed by atoms with E-state index in [4.69, 9.17) is 10.2 Å². The number of non-ortho nitro benzene ring substituents is 1. The van der Waals surface area contributed by atoms with Crippen molar-refractivity contribution in [2.24, 2.45) is 5.41 Å². The zero-order valence-electron chi connectivity index (χ0n) is 21.7. The van der Waals surface area contributed by atoms with Crippen molar-refractivity contribution in [2.75, 3.05) is 0 Å². The molecule has 3 aromatic carbocycles. The highest BCUT2D eigenvalue weighted by Gasteiger charge is 2.32. The molecule has 0 spiro atoms. The Morgan fingerprint density at radius 2 is 1.46 bits per heavy atom. The summed E-state index contributed by atoms with van der Waals surface area (Å²) in [5, 5.41) is 20.7. The normalized spacial score (nSPS) is 12.8. The third-order valence-electron chi connectivity index (χ3n) is 6.71. The second kappa shape index (κ2) is 8.59. The number of hydrogen-bond donors (Lipinski definition) is 0. The van der Waals surface area contributed by atoms with E-state index in [0.29, 0.717) is 11.0 Å². The maximum Gasteiger partial charge on any atom is 0.271 e. The molecule has 6 heteroatoms. The molecule has 0 saturated carbocycles. The van der Waals surface area contributed by atoms with E-state index in [1.165, 1.54) is 23.3 Å². The van der Waals surface area contributed by atoms with Crippen LogP contribution in [-0.4, -0.2) is 19.9 Å².